The average Bonchev–Trinajstić information content (AvgIpc) is 2.88. The summed E-state index contributed by atoms with van der Waals surface area (Å²) in [7, 11) is 1.67. The van der Waals surface area contributed by atoms with E-state index >= 15 is 0 Å². The maximum Gasteiger partial charge on any atom is 0.135 e. The Balaban J connectivity index is 2.24. The van der Waals surface area contributed by atoms with Crippen molar-refractivity contribution in [3.63, 3.8) is 0 Å². The highest BCUT2D eigenvalue weighted by Crippen LogP contribution is 2.27. The summed E-state index contributed by atoms with van der Waals surface area (Å²) < 4.78 is 8.34. The van der Waals surface area contributed by atoms with Crippen LogP contribution >= 0.6 is 15.9 Å². The van der Waals surface area contributed by atoms with Crippen LogP contribution in [0.2, 0.25) is 0 Å². The van der Waals surface area contributed by atoms with Gasteiger partial charge in [0.15, 0.2) is 0 Å². The molecular formula is C14H18BrN3O. The number of rotatable bonds is 6. The highest BCUT2D eigenvalue weighted by Gasteiger charge is 2.07. The standard InChI is InChI=1S/C14H18BrN3O/c1-3-6-16-8-12-9-17-10-18(12)11-4-5-13(15)14(7-11)19-2/h4-5,7,9-10,16H,3,6,8H2,1-2H3. The fourth-order valence-electron chi connectivity index (χ4n) is 1.88. The van der Waals surface area contributed by atoms with E-state index in [9.17, 15) is 0 Å². The van der Waals surface area contributed by atoms with Gasteiger partial charge in [-0.1, -0.05) is 6.92 Å². The number of hydrogen-bond donors (Lipinski definition) is 1. The highest BCUT2D eigenvalue weighted by molar-refractivity contribution is 9.10. The Morgan fingerprint density at radius 2 is 2.26 bits per heavy atom. The zero-order valence-corrected chi connectivity index (χ0v) is 12.8. The van der Waals surface area contributed by atoms with Gasteiger partial charge in [-0.3, -0.25) is 0 Å². The van der Waals surface area contributed by atoms with Crippen LogP contribution in [0.1, 0.15) is 19.0 Å². The van der Waals surface area contributed by atoms with Crippen LogP contribution < -0.4 is 10.1 Å². The summed E-state index contributed by atoms with van der Waals surface area (Å²) in [5.41, 5.74) is 2.18. The molecule has 0 saturated heterocycles. The lowest BCUT2D eigenvalue weighted by Gasteiger charge is -2.11. The van der Waals surface area contributed by atoms with E-state index in [1.165, 1.54) is 0 Å². The number of aromatic nitrogens is 2. The molecule has 0 radical (unpaired) electrons. The molecule has 0 atom stereocenters. The second-order valence-electron chi connectivity index (χ2n) is 4.25. The van der Waals surface area contributed by atoms with Gasteiger partial charge in [0, 0.05) is 18.8 Å². The third kappa shape index (κ3) is 3.36. The number of hydrogen-bond acceptors (Lipinski definition) is 3. The summed E-state index contributed by atoms with van der Waals surface area (Å²) in [6.45, 7) is 3.98. The van der Waals surface area contributed by atoms with Crippen molar-refractivity contribution in [1.82, 2.24) is 14.9 Å². The maximum absolute atomic E-state index is 5.33. The van der Waals surface area contributed by atoms with Crippen molar-refractivity contribution in [3.8, 4) is 11.4 Å². The second kappa shape index (κ2) is 6.73. The molecule has 1 aromatic carbocycles. The molecule has 0 unspecified atom stereocenters. The van der Waals surface area contributed by atoms with E-state index in [0.29, 0.717) is 0 Å². The van der Waals surface area contributed by atoms with Crippen molar-refractivity contribution in [2.45, 2.75) is 19.9 Å². The molecule has 0 amide bonds. The molecule has 0 aliphatic heterocycles. The molecule has 2 rings (SSSR count). The van der Waals surface area contributed by atoms with Crippen molar-refractivity contribution < 1.29 is 4.74 Å². The van der Waals surface area contributed by atoms with Crippen LogP contribution in [0.4, 0.5) is 0 Å². The van der Waals surface area contributed by atoms with Crippen LogP contribution in [0, 0.1) is 0 Å². The molecule has 0 aliphatic carbocycles. The molecular weight excluding hydrogens is 306 g/mol. The van der Waals surface area contributed by atoms with Crippen LogP contribution in [-0.2, 0) is 6.54 Å². The Morgan fingerprint density at radius 3 is 3.00 bits per heavy atom. The monoisotopic (exact) mass is 323 g/mol. The molecule has 0 bridgehead atoms. The Labute approximate surface area is 121 Å². The van der Waals surface area contributed by atoms with E-state index in [-0.39, 0.29) is 0 Å². The van der Waals surface area contributed by atoms with Gasteiger partial charge in [0.05, 0.1) is 29.3 Å². The van der Waals surface area contributed by atoms with E-state index in [4.69, 9.17) is 4.74 Å². The van der Waals surface area contributed by atoms with Crippen LogP contribution in [0.15, 0.2) is 35.2 Å². The zero-order chi connectivity index (χ0) is 13.7. The Bertz CT molecular complexity index is 539. The summed E-state index contributed by atoms with van der Waals surface area (Å²) in [6, 6.07) is 6.02. The molecule has 0 spiro atoms. The van der Waals surface area contributed by atoms with Gasteiger partial charge in [-0.05, 0) is 41.0 Å². The van der Waals surface area contributed by atoms with Crippen molar-refractivity contribution in [3.05, 3.63) is 40.9 Å². The maximum atomic E-state index is 5.33. The van der Waals surface area contributed by atoms with Crippen molar-refractivity contribution in [1.29, 1.82) is 0 Å². The smallest absolute Gasteiger partial charge is 0.135 e. The van der Waals surface area contributed by atoms with Gasteiger partial charge in [-0.2, -0.15) is 0 Å². The molecule has 0 aliphatic rings. The molecule has 5 heteroatoms. The van der Waals surface area contributed by atoms with Gasteiger partial charge in [0.25, 0.3) is 0 Å². The first kappa shape index (κ1) is 14.1. The van der Waals surface area contributed by atoms with E-state index in [2.05, 4.69) is 37.7 Å². The second-order valence-corrected chi connectivity index (χ2v) is 5.10. The van der Waals surface area contributed by atoms with E-state index in [1.54, 1.807) is 7.11 Å². The Hall–Kier alpha value is -1.33. The normalized spacial score (nSPS) is 10.7. The minimum absolute atomic E-state index is 0.812. The first-order valence-corrected chi connectivity index (χ1v) is 7.11. The number of imidazole rings is 1. The summed E-state index contributed by atoms with van der Waals surface area (Å²) >= 11 is 3.46. The van der Waals surface area contributed by atoms with E-state index in [0.717, 1.165) is 41.1 Å². The van der Waals surface area contributed by atoms with Gasteiger partial charge < -0.3 is 14.6 Å². The third-order valence-electron chi connectivity index (χ3n) is 2.86. The molecule has 1 aromatic heterocycles. The highest BCUT2D eigenvalue weighted by atomic mass is 79.9. The topological polar surface area (TPSA) is 39.1 Å². The van der Waals surface area contributed by atoms with Gasteiger partial charge in [0.2, 0.25) is 0 Å². The summed E-state index contributed by atoms with van der Waals surface area (Å²) in [6.07, 6.45) is 4.84. The quantitative estimate of drug-likeness (QED) is 0.830. The minimum atomic E-state index is 0.812. The summed E-state index contributed by atoms with van der Waals surface area (Å²) in [4.78, 5) is 4.23. The molecule has 1 heterocycles. The predicted octanol–water partition coefficient (Wildman–Crippen LogP) is 3.14. The summed E-state index contributed by atoms with van der Waals surface area (Å²) in [5, 5.41) is 3.39. The number of nitrogens with one attached hydrogen (secondary N) is 1. The molecule has 0 saturated carbocycles. The van der Waals surface area contributed by atoms with Crippen LogP contribution in [0.5, 0.6) is 5.75 Å². The Morgan fingerprint density at radius 1 is 1.42 bits per heavy atom. The van der Waals surface area contributed by atoms with Gasteiger partial charge in [-0.15, -0.1) is 0 Å². The lowest BCUT2D eigenvalue weighted by Crippen LogP contribution is -2.16. The van der Waals surface area contributed by atoms with Gasteiger partial charge in [-0.25, -0.2) is 4.98 Å². The van der Waals surface area contributed by atoms with Gasteiger partial charge >= 0.3 is 0 Å². The van der Waals surface area contributed by atoms with Crippen LogP contribution in [-0.4, -0.2) is 23.2 Å². The molecule has 1 N–H and O–H groups in total. The lowest BCUT2D eigenvalue weighted by atomic mass is 10.3. The largest absolute Gasteiger partial charge is 0.495 e. The molecule has 102 valence electrons. The number of benzene rings is 1. The van der Waals surface area contributed by atoms with E-state index < -0.39 is 0 Å². The molecule has 4 nitrogen and oxygen atoms in total. The Kier molecular flexibility index (Phi) is 4.99. The van der Waals surface area contributed by atoms with Crippen molar-refractivity contribution >= 4 is 15.9 Å². The van der Waals surface area contributed by atoms with Crippen LogP contribution in [0.3, 0.4) is 0 Å². The third-order valence-corrected chi connectivity index (χ3v) is 3.52. The fourth-order valence-corrected chi connectivity index (χ4v) is 2.29. The van der Waals surface area contributed by atoms with Crippen LogP contribution in [0.25, 0.3) is 5.69 Å². The molecule has 2 aromatic rings. The minimum Gasteiger partial charge on any atom is -0.495 e. The van der Waals surface area contributed by atoms with E-state index in [1.807, 2.05) is 30.7 Å². The summed E-state index contributed by atoms with van der Waals surface area (Å²) in [5.74, 6) is 0.818. The first-order valence-electron chi connectivity index (χ1n) is 6.32. The van der Waals surface area contributed by atoms with Gasteiger partial charge in [0.1, 0.15) is 5.75 Å². The number of methoxy groups -OCH3 is 1. The molecule has 19 heavy (non-hydrogen) atoms. The molecule has 0 fully saturated rings. The zero-order valence-electron chi connectivity index (χ0n) is 11.2. The number of ether oxygens (including phenoxy) is 1. The predicted molar refractivity (Wildman–Crippen MR) is 79.8 cm³/mol. The van der Waals surface area contributed by atoms with Crippen molar-refractivity contribution in [2.24, 2.45) is 0 Å². The SMILES string of the molecule is CCCNCc1cncn1-c1ccc(Br)c(OC)c1. The first-order chi connectivity index (χ1) is 9.26. The average molecular weight is 324 g/mol. The number of nitrogens with zero attached hydrogens (tertiary/aromatic N) is 2. The van der Waals surface area contributed by atoms with Crippen molar-refractivity contribution in [2.75, 3.05) is 13.7 Å². The number of halogens is 1. The lowest BCUT2D eigenvalue weighted by molar-refractivity contribution is 0.412. The fraction of sp³-hybridized carbons (Fsp3) is 0.357.